The molecule has 0 fully saturated rings. The van der Waals surface area contributed by atoms with Crippen molar-refractivity contribution in [3.05, 3.63) is 125 Å². The number of para-hydroxylation sites is 2. The highest BCUT2D eigenvalue weighted by atomic mass is 35.5. The molecule has 0 saturated heterocycles. The smallest absolute Gasteiger partial charge is 0.337 e. The lowest BCUT2D eigenvalue weighted by atomic mass is 10.1. The number of hydrogen-bond donors (Lipinski definition) is 6. The number of nitrogen functional groups attached to an aromatic ring is 1. The van der Waals surface area contributed by atoms with Crippen molar-refractivity contribution in [2.75, 3.05) is 11.1 Å². The highest BCUT2D eigenvalue weighted by molar-refractivity contribution is 7.89. The average molecular weight is 751 g/mol. The molecule has 51 heavy (non-hydrogen) atoms. The Hall–Kier alpha value is -5.65. The van der Waals surface area contributed by atoms with E-state index < -0.39 is 32.0 Å². The van der Waals surface area contributed by atoms with E-state index in [9.17, 15) is 31.5 Å². The number of nitrogens with two attached hydrogens (primary N) is 3. The Morgan fingerprint density at radius 3 is 1.67 bits per heavy atom. The first-order valence-corrected chi connectivity index (χ1v) is 18.0. The molecule has 0 radical (unpaired) electrons. The summed E-state index contributed by atoms with van der Waals surface area (Å²) in [5, 5.41) is 32.3. The third kappa shape index (κ3) is 9.33. The minimum Gasteiger partial charge on any atom is -0.478 e. The quantitative estimate of drug-likeness (QED) is 0.116. The van der Waals surface area contributed by atoms with Gasteiger partial charge < -0.3 is 21.3 Å². The van der Waals surface area contributed by atoms with E-state index in [0.717, 1.165) is 11.1 Å². The Labute approximate surface area is 297 Å². The summed E-state index contributed by atoms with van der Waals surface area (Å²) in [5.41, 5.74) is 9.35. The summed E-state index contributed by atoms with van der Waals surface area (Å²) in [4.78, 5) is 29.5. The Kier molecular flexibility index (Phi) is 11.6. The van der Waals surface area contributed by atoms with Crippen molar-refractivity contribution in [3.63, 3.8) is 0 Å². The summed E-state index contributed by atoms with van der Waals surface area (Å²) >= 11 is 6.00. The number of benzene rings is 4. The molecule has 0 amide bonds. The molecule has 0 aliphatic rings. The van der Waals surface area contributed by atoms with E-state index in [4.69, 9.17) is 32.7 Å². The predicted molar refractivity (Wildman–Crippen MR) is 195 cm³/mol. The number of fused-ring (bicyclic) bond motifs is 2. The number of aromatic nitrogens is 2. The van der Waals surface area contributed by atoms with E-state index in [-0.39, 0.29) is 37.3 Å². The van der Waals surface area contributed by atoms with Gasteiger partial charge in [0.05, 0.1) is 38.6 Å². The molecule has 0 aliphatic carbocycles. The summed E-state index contributed by atoms with van der Waals surface area (Å²) in [6.07, 6.45) is 2.34. The third-order valence-corrected chi connectivity index (χ3v) is 9.50. The van der Waals surface area contributed by atoms with Gasteiger partial charge in [0.2, 0.25) is 20.0 Å². The van der Waals surface area contributed by atoms with Crippen molar-refractivity contribution < 1.29 is 36.6 Å². The number of carbonyl (C=O) groups is 2. The van der Waals surface area contributed by atoms with Crippen LogP contribution in [0.1, 0.15) is 31.8 Å². The van der Waals surface area contributed by atoms with Gasteiger partial charge in [0, 0.05) is 28.9 Å². The lowest BCUT2D eigenvalue weighted by Gasteiger charge is -2.15. The number of sulfonamides is 2. The second-order valence-corrected chi connectivity index (χ2v) is 14.4. The van der Waals surface area contributed by atoms with Crippen molar-refractivity contribution in [1.82, 2.24) is 9.97 Å². The van der Waals surface area contributed by atoms with E-state index in [1.165, 1.54) is 24.5 Å². The number of hydrogen-bond acceptors (Lipinski definition) is 10. The van der Waals surface area contributed by atoms with Crippen LogP contribution in [0.2, 0.25) is 5.02 Å². The van der Waals surface area contributed by atoms with Crippen LogP contribution in [-0.2, 0) is 20.0 Å². The number of nitrogens with zero attached hydrogens (tertiary/aromatic N) is 2. The maximum absolute atomic E-state index is 12.0. The number of nitrogens with one attached hydrogen (secondary N) is 1. The van der Waals surface area contributed by atoms with Crippen LogP contribution >= 0.6 is 11.6 Å². The van der Waals surface area contributed by atoms with Crippen molar-refractivity contribution in [2.24, 2.45) is 10.3 Å². The van der Waals surface area contributed by atoms with E-state index in [0.29, 0.717) is 27.5 Å². The van der Waals surface area contributed by atoms with Gasteiger partial charge >= 0.3 is 11.9 Å². The first kappa shape index (κ1) is 38.2. The molecule has 0 spiro atoms. The second kappa shape index (κ2) is 15.5. The van der Waals surface area contributed by atoms with Crippen LogP contribution in [0.15, 0.2) is 107 Å². The Balaban J connectivity index is 0.000000191. The molecule has 0 atom stereocenters. The zero-order valence-corrected chi connectivity index (χ0v) is 29.3. The van der Waals surface area contributed by atoms with Crippen LogP contribution in [0, 0.1) is 13.8 Å². The van der Waals surface area contributed by atoms with Gasteiger partial charge in [-0.15, -0.1) is 0 Å². The molecular formula is C34H31ClN6O8S2. The molecule has 9 N–H and O–H groups in total. The molecule has 2 aromatic heterocycles. The minimum atomic E-state index is -4.06. The fourth-order valence-corrected chi connectivity index (χ4v) is 6.42. The number of pyridine rings is 2. The number of aromatic carboxylic acids is 2. The van der Waals surface area contributed by atoms with Crippen LogP contribution in [0.25, 0.3) is 21.8 Å². The van der Waals surface area contributed by atoms with Gasteiger partial charge in [-0.1, -0.05) is 59.1 Å². The lowest BCUT2D eigenvalue weighted by Crippen LogP contribution is -2.15. The summed E-state index contributed by atoms with van der Waals surface area (Å²) in [7, 11) is -7.90. The van der Waals surface area contributed by atoms with E-state index in [2.05, 4.69) is 15.3 Å². The molecule has 0 unspecified atom stereocenters. The highest BCUT2D eigenvalue weighted by Gasteiger charge is 2.20. The van der Waals surface area contributed by atoms with Gasteiger partial charge in [0.15, 0.2) is 0 Å². The molecule has 14 nitrogen and oxygen atoms in total. The maximum atomic E-state index is 12.0. The van der Waals surface area contributed by atoms with E-state index >= 15 is 0 Å². The molecule has 2 heterocycles. The first-order chi connectivity index (χ1) is 23.9. The predicted octanol–water partition coefficient (Wildman–Crippen LogP) is 5.44. The van der Waals surface area contributed by atoms with Gasteiger partial charge in [-0.25, -0.2) is 36.7 Å². The van der Waals surface area contributed by atoms with Crippen molar-refractivity contribution in [1.29, 1.82) is 0 Å². The Morgan fingerprint density at radius 2 is 1.16 bits per heavy atom. The van der Waals surface area contributed by atoms with Crippen molar-refractivity contribution in [2.45, 2.75) is 23.6 Å². The lowest BCUT2D eigenvalue weighted by molar-refractivity contribution is 0.0687. The van der Waals surface area contributed by atoms with Crippen LogP contribution in [0.5, 0.6) is 0 Å². The highest BCUT2D eigenvalue weighted by Crippen LogP contribution is 2.33. The Bertz CT molecular complexity index is 2530. The number of halogens is 1. The zero-order valence-electron chi connectivity index (χ0n) is 26.9. The number of primary sulfonamides is 2. The summed E-state index contributed by atoms with van der Waals surface area (Å²) in [5.74, 6) is -2.12. The fourth-order valence-electron chi connectivity index (χ4n) is 4.69. The minimum absolute atomic E-state index is 0.0143. The molecular weight excluding hydrogens is 720 g/mol. The average Bonchev–Trinajstić information content (AvgIpc) is 3.05. The number of aryl methyl sites for hydroxylation is 2. The van der Waals surface area contributed by atoms with Gasteiger partial charge in [0.25, 0.3) is 0 Å². The topological polar surface area (TPSA) is 259 Å². The van der Waals surface area contributed by atoms with Gasteiger partial charge in [-0.3, -0.25) is 9.97 Å². The largest absolute Gasteiger partial charge is 0.478 e. The molecule has 0 saturated carbocycles. The number of anilines is 3. The molecule has 0 aliphatic heterocycles. The molecule has 4 aromatic carbocycles. The van der Waals surface area contributed by atoms with Crippen LogP contribution in [-0.4, -0.2) is 49.0 Å². The summed E-state index contributed by atoms with van der Waals surface area (Å²) in [6.45, 7) is 3.75. The first-order valence-electron chi connectivity index (χ1n) is 14.6. The standard InChI is InChI=1S/C17H15N3O4S.C10H9ClN2O2S.C7H7NO2/c1-10-6-7-13-12(8-10)16(15(9-19-13)25(18,23)24)20-14-5-3-2-4-11(14)17(21)22;1-6-2-3-8-7(4-6)10(11)9(5-13-8)16(12,14)15;8-6-4-2-1-3-5(6)7(9)10/h2-9H,1H3,(H,19,20)(H,21,22)(H2,18,23,24);2-5H,1H3,(H2,12,14,15);1-4H,8H2,(H,9,10). The summed E-state index contributed by atoms with van der Waals surface area (Å²) < 4.78 is 46.4. The number of carboxylic acid groups (broad SMARTS) is 2. The van der Waals surface area contributed by atoms with Crippen molar-refractivity contribution in [3.8, 4) is 0 Å². The monoisotopic (exact) mass is 750 g/mol. The number of rotatable bonds is 6. The van der Waals surface area contributed by atoms with Gasteiger partial charge in [-0.2, -0.15) is 0 Å². The molecule has 264 valence electrons. The maximum Gasteiger partial charge on any atom is 0.337 e. The second-order valence-electron chi connectivity index (χ2n) is 10.9. The van der Waals surface area contributed by atoms with Gasteiger partial charge in [-0.05, 0) is 62.4 Å². The third-order valence-electron chi connectivity index (χ3n) is 7.14. The van der Waals surface area contributed by atoms with E-state index in [1.54, 1.807) is 60.7 Å². The van der Waals surface area contributed by atoms with Crippen LogP contribution in [0.3, 0.4) is 0 Å². The molecule has 0 bridgehead atoms. The zero-order chi connectivity index (χ0) is 37.7. The SMILES string of the molecule is Cc1ccc2ncc(S(N)(=O)=O)c(Cl)c2c1.Cc1ccc2ncc(S(N)(=O)=O)c(Nc3ccccc3C(=O)O)c2c1.Nc1ccccc1C(=O)O. The Morgan fingerprint density at radius 1 is 0.686 bits per heavy atom. The van der Waals surface area contributed by atoms with E-state index in [1.807, 2.05) is 26.0 Å². The number of carboxylic acids is 2. The van der Waals surface area contributed by atoms with Crippen LogP contribution in [0.4, 0.5) is 17.1 Å². The van der Waals surface area contributed by atoms with Crippen molar-refractivity contribution >= 4 is 82.5 Å². The fraction of sp³-hybridized carbons (Fsp3) is 0.0588. The molecule has 6 rings (SSSR count). The summed E-state index contributed by atoms with van der Waals surface area (Å²) in [6, 6.07) is 23.4. The van der Waals surface area contributed by atoms with Gasteiger partial charge in [0.1, 0.15) is 9.79 Å². The van der Waals surface area contributed by atoms with Crippen LogP contribution < -0.4 is 21.3 Å². The molecule has 6 aromatic rings. The molecule has 17 heteroatoms. The normalized spacial score (nSPS) is 11.2.